The molecule has 0 fully saturated rings. The average molecular weight is 475 g/mol. The smallest absolute Gasteiger partial charge is 0.264 e. The van der Waals surface area contributed by atoms with E-state index >= 15 is 0 Å². The first kappa shape index (κ1) is 21.9. The number of aromatic nitrogens is 3. The number of nitrogens with zero attached hydrogens (tertiary/aromatic N) is 4. The molecule has 3 heterocycles. The Morgan fingerprint density at radius 1 is 1.09 bits per heavy atom. The number of amides is 1. The molecular weight excluding hydrogens is 452 g/mol. The maximum absolute atomic E-state index is 13.6. The summed E-state index contributed by atoms with van der Waals surface area (Å²) in [5.74, 6) is 1.14. The first-order valence-corrected chi connectivity index (χ1v) is 11.3. The summed E-state index contributed by atoms with van der Waals surface area (Å²) >= 11 is 6.41. The van der Waals surface area contributed by atoms with Crippen LogP contribution in [0.15, 0.2) is 65.7 Å². The molecule has 0 radical (unpaired) electrons. The van der Waals surface area contributed by atoms with Crippen LogP contribution in [0.1, 0.15) is 24.2 Å². The van der Waals surface area contributed by atoms with Gasteiger partial charge in [0, 0.05) is 24.0 Å². The van der Waals surface area contributed by atoms with Gasteiger partial charge in [0.25, 0.3) is 5.56 Å². The monoisotopic (exact) mass is 474 g/mol. The van der Waals surface area contributed by atoms with Gasteiger partial charge in [0.15, 0.2) is 0 Å². The molecule has 8 nitrogen and oxygen atoms in total. The van der Waals surface area contributed by atoms with Crippen LogP contribution in [0.3, 0.4) is 0 Å². The lowest BCUT2D eigenvalue weighted by atomic mass is 10.1. The molecule has 1 aliphatic heterocycles. The number of para-hydroxylation sites is 1. The van der Waals surface area contributed by atoms with Crippen molar-refractivity contribution in [2.75, 3.05) is 24.3 Å². The number of likely N-dealkylation sites (N-methyl/N-ethyl adjacent to an activating group) is 1. The molecular formula is C25H23ClN6O2. The molecule has 2 aromatic heterocycles. The Kier molecular flexibility index (Phi) is 5.67. The lowest BCUT2D eigenvalue weighted by Gasteiger charge is -2.22. The molecule has 9 heteroatoms. The van der Waals surface area contributed by atoms with Crippen molar-refractivity contribution in [3.05, 3.63) is 87.6 Å². The van der Waals surface area contributed by atoms with Crippen molar-refractivity contribution in [2.24, 2.45) is 0 Å². The largest absolute Gasteiger partial charge is 0.362 e. The zero-order chi connectivity index (χ0) is 23.8. The van der Waals surface area contributed by atoms with E-state index in [1.807, 2.05) is 55.5 Å². The summed E-state index contributed by atoms with van der Waals surface area (Å²) in [5.41, 5.74) is 1.97. The predicted octanol–water partition coefficient (Wildman–Crippen LogP) is 3.99. The third kappa shape index (κ3) is 3.86. The number of hydrogen-bond acceptors (Lipinski definition) is 6. The topological polar surface area (TPSA) is 92.2 Å². The minimum atomic E-state index is -0.327. The highest BCUT2D eigenvalue weighted by Crippen LogP contribution is 2.29. The number of fused-ring (bicyclic) bond motifs is 2. The Morgan fingerprint density at radius 2 is 1.88 bits per heavy atom. The number of rotatable bonds is 4. The third-order valence-corrected chi connectivity index (χ3v) is 6.33. The lowest BCUT2D eigenvalue weighted by Crippen LogP contribution is -2.30. The fourth-order valence-corrected chi connectivity index (χ4v) is 4.47. The van der Waals surface area contributed by atoms with E-state index in [1.165, 1.54) is 6.33 Å². The van der Waals surface area contributed by atoms with E-state index < -0.39 is 0 Å². The van der Waals surface area contributed by atoms with Gasteiger partial charge >= 0.3 is 0 Å². The first-order valence-electron chi connectivity index (χ1n) is 10.9. The van der Waals surface area contributed by atoms with Crippen molar-refractivity contribution in [1.82, 2.24) is 19.4 Å². The van der Waals surface area contributed by atoms with Gasteiger partial charge in [-0.2, -0.15) is 0 Å². The van der Waals surface area contributed by atoms with E-state index in [9.17, 15) is 9.59 Å². The lowest BCUT2D eigenvalue weighted by molar-refractivity contribution is -0.128. The minimum Gasteiger partial charge on any atom is -0.362 e. The fourth-order valence-electron chi connectivity index (χ4n) is 4.21. The van der Waals surface area contributed by atoms with Crippen LogP contribution in [0.2, 0.25) is 5.02 Å². The average Bonchev–Trinajstić information content (AvgIpc) is 2.98. The third-order valence-electron chi connectivity index (χ3n) is 6.02. The van der Waals surface area contributed by atoms with Crippen LogP contribution < -0.4 is 16.2 Å². The van der Waals surface area contributed by atoms with Crippen LogP contribution in [0.4, 0.5) is 11.6 Å². The second-order valence-electron chi connectivity index (χ2n) is 8.27. The van der Waals surface area contributed by atoms with E-state index in [1.54, 1.807) is 22.6 Å². The minimum absolute atomic E-state index is 0.0294. The summed E-state index contributed by atoms with van der Waals surface area (Å²) in [6.07, 6.45) is 1.63. The highest BCUT2D eigenvalue weighted by Gasteiger charge is 2.24. The molecule has 0 aliphatic carbocycles. The summed E-state index contributed by atoms with van der Waals surface area (Å²) in [5, 5.41) is 8.23. The summed E-state index contributed by atoms with van der Waals surface area (Å²) in [6, 6.07) is 16.5. The van der Waals surface area contributed by atoms with E-state index in [4.69, 9.17) is 11.6 Å². The molecule has 1 amide bonds. The zero-order valence-electron chi connectivity index (χ0n) is 18.7. The highest BCUT2D eigenvalue weighted by atomic mass is 35.5. The molecule has 172 valence electrons. The Balaban J connectivity index is 1.64. The van der Waals surface area contributed by atoms with E-state index in [-0.39, 0.29) is 23.9 Å². The second-order valence-corrected chi connectivity index (χ2v) is 8.68. The van der Waals surface area contributed by atoms with Crippen molar-refractivity contribution < 1.29 is 4.79 Å². The van der Waals surface area contributed by atoms with Gasteiger partial charge in [-0.15, -0.1) is 0 Å². The van der Waals surface area contributed by atoms with Gasteiger partial charge in [-0.05, 0) is 36.6 Å². The molecule has 0 unspecified atom stereocenters. The molecule has 0 bridgehead atoms. The number of hydrogen-bond donors (Lipinski definition) is 2. The molecule has 4 aromatic rings. The van der Waals surface area contributed by atoms with Crippen LogP contribution in [0, 0.1) is 0 Å². The predicted molar refractivity (Wildman–Crippen MR) is 134 cm³/mol. The van der Waals surface area contributed by atoms with Gasteiger partial charge in [0.2, 0.25) is 5.91 Å². The quantitative estimate of drug-likeness (QED) is 0.464. The molecule has 2 aromatic carbocycles. The number of anilines is 2. The number of carbonyl (C=O) groups is 1. The zero-order valence-corrected chi connectivity index (χ0v) is 19.5. The Bertz CT molecular complexity index is 1450. The molecule has 1 aliphatic rings. The van der Waals surface area contributed by atoms with Crippen LogP contribution in [0.25, 0.3) is 16.5 Å². The molecule has 0 saturated carbocycles. The summed E-state index contributed by atoms with van der Waals surface area (Å²) in [6.45, 7) is 2.33. The van der Waals surface area contributed by atoms with Crippen molar-refractivity contribution in [3.63, 3.8) is 0 Å². The number of carbonyl (C=O) groups excluding carboxylic acids is 1. The van der Waals surface area contributed by atoms with Gasteiger partial charge in [-0.1, -0.05) is 41.9 Å². The van der Waals surface area contributed by atoms with Gasteiger partial charge < -0.3 is 15.5 Å². The normalized spacial score (nSPS) is 14.3. The number of pyridine rings is 1. The molecule has 34 heavy (non-hydrogen) atoms. The van der Waals surface area contributed by atoms with Crippen molar-refractivity contribution in [3.8, 4) is 5.69 Å². The van der Waals surface area contributed by atoms with E-state index in [2.05, 4.69) is 20.6 Å². The second kappa shape index (κ2) is 8.79. The summed E-state index contributed by atoms with van der Waals surface area (Å²) in [7, 11) is 1.74. The standard InChI is InChI=1S/C25H23ClN6O2/c1-15(30-24-18-12-21(33)31(2)14-29-23(18)27-13-28-24)20-11-16-7-6-10-19(26)22(16)25(34)32(20)17-8-4-3-5-9-17/h3-11,13,15H,12,14H2,1-2H3,(H2,27,28,29,30)/t15-/m0/s1. The van der Waals surface area contributed by atoms with Gasteiger partial charge in [-0.25, -0.2) is 9.97 Å². The molecule has 1 atom stereocenters. The number of nitrogens with one attached hydrogen (secondary N) is 2. The SMILES string of the molecule is C[C@H](Nc1ncnc2c1CC(=O)N(C)CN2)c1cc2cccc(Cl)c2c(=O)n1-c1ccccc1. The van der Waals surface area contributed by atoms with Gasteiger partial charge in [0.05, 0.1) is 29.5 Å². The van der Waals surface area contributed by atoms with Crippen molar-refractivity contribution in [2.45, 2.75) is 19.4 Å². The molecule has 0 saturated heterocycles. The Hall–Kier alpha value is -3.91. The van der Waals surface area contributed by atoms with Crippen LogP contribution in [0.5, 0.6) is 0 Å². The Morgan fingerprint density at radius 3 is 2.68 bits per heavy atom. The van der Waals surface area contributed by atoms with Gasteiger partial charge in [-0.3, -0.25) is 14.2 Å². The first-order chi connectivity index (χ1) is 16.4. The summed E-state index contributed by atoms with van der Waals surface area (Å²) in [4.78, 5) is 36.5. The summed E-state index contributed by atoms with van der Waals surface area (Å²) < 4.78 is 1.67. The fraction of sp³-hybridized carbons (Fsp3) is 0.200. The molecule has 0 spiro atoms. The van der Waals surface area contributed by atoms with Crippen molar-refractivity contribution in [1.29, 1.82) is 0 Å². The highest BCUT2D eigenvalue weighted by molar-refractivity contribution is 6.35. The van der Waals surface area contributed by atoms with Crippen LogP contribution >= 0.6 is 11.6 Å². The number of benzene rings is 2. The maximum Gasteiger partial charge on any atom is 0.264 e. The van der Waals surface area contributed by atoms with E-state index in [0.717, 1.165) is 16.8 Å². The molecule has 2 N–H and O–H groups in total. The Labute approximate surface area is 201 Å². The number of halogens is 1. The van der Waals surface area contributed by atoms with Crippen LogP contribution in [-0.2, 0) is 11.2 Å². The van der Waals surface area contributed by atoms with E-state index in [0.29, 0.717) is 34.3 Å². The van der Waals surface area contributed by atoms with Crippen LogP contribution in [-0.4, -0.2) is 39.1 Å². The van der Waals surface area contributed by atoms with Crippen molar-refractivity contribution >= 4 is 39.9 Å². The maximum atomic E-state index is 13.6. The molecule has 5 rings (SSSR count). The van der Waals surface area contributed by atoms with Gasteiger partial charge in [0.1, 0.15) is 18.0 Å².